The van der Waals surface area contributed by atoms with Gasteiger partial charge in [-0.05, 0) is 57.0 Å². The lowest BCUT2D eigenvalue weighted by Gasteiger charge is -2.28. The molecule has 4 nitrogen and oxygen atoms in total. The van der Waals surface area contributed by atoms with Gasteiger partial charge in [0.25, 0.3) is 5.91 Å². The second-order valence-corrected chi connectivity index (χ2v) is 7.03. The van der Waals surface area contributed by atoms with Crippen LogP contribution in [0, 0.1) is 13.8 Å². The van der Waals surface area contributed by atoms with Gasteiger partial charge in [0.2, 0.25) is 0 Å². The molecule has 1 N–H and O–H groups in total. The number of nitrogens with zero attached hydrogens (tertiary/aromatic N) is 1. The fourth-order valence-corrected chi connectivity index (χ4v) is 3.42. The number of carbonyl (C=O) groups excluding carboxylic acids is 1. The Labute approximate surface area is 156 Å². The zero-order valence-electron chi connectivity index (χ0n) is 15.7. The van der Waals surface area contributed by atoms with Crippen molar-refractivity contribution in [3.05, 3.63) is 65.2 Å². The van der Waals surface area contributed by atoms with Crippen LogP contribution in [0.5, 0.6) is 5.75 Å². The highest BCUT2D eigenvalue weighted by Crippen LogP contribution is 2.25. The molecule has 3 rings (SSSR count). The van der Waals surface area contributed by atoms with E-state index in [9.17, 15) is 4.79 Å². The molecule has 0 spiro atoms. The summed E-state index contributed by atoms with van der Waals surface area (Å²) in [6, 6.07) is 16.6. The summed E-state index contributed by atoms with van der Waals surface area (Å²) in [5.41, 5.74) is 3.55. The Morgan fingerprint density at radius 3 is 2.46 bits per heavy atom. The van der Waals surface area contributed by atoms with Crippen LogP contribution < -0.4 is 10.1 Å². The number of nitrogens with one attached hydrogen (secondary N) is 1. The number of amides is 1. The summed E-state index contributed by atoms with van der Waals surface area (Å²) in [5.74, 6) is 0.682. The van der Waals surface area contributed by atoms with E-state index in [2.05, 4.69) is 41.4 Å². The van der Waals surface area contributed by atoms with Crippen molar-refractivity contribution < 1.29 is 9.53 Å². The molecule has 1 amide bonds. The van der Waals surface area contributed by atoms with E-state index in [0.717, 1.165) is 24.4 Å². The highest BCUT2D eigenvalue weighted by molar-refractivity contribution is 5.77. The largest absolute Gasteiger partial charge is 0.484 e. The molecule has 1 heterocycles. The van der Waals surface area contributed by atoms with Crippen LogP contribution in [0.15, 0.2) is 48.5 Å². The zero-order valence-corrected chi connectivity index (χ0v) is 15.7. The standard InChI is InChI=1S/C22H28N2O2/c1-17-9-11-19(12-10-17)20(24-13-5-6-14-24)15-23-22(25)16-26-21-8-4-3-7-18(21)2/h3-4,7-12,20H,5-6,13-16H2,1-2H3,(H,23,25). The fourth-order valence-electron chi connectivity index (χ4n) is 3.42. The summed E-state index contributed by atoms with van der Waals surface area (Å²) >= 11 is 0. The Kier molecular flexibility index (Phi) is 6.29. The second kappa shape index (κ2) is 8.86. The monoisotopic (exact) mass is 352 g/mol. The fraction of sp³-hybridized carbons (Fsp3) is 0.409. The minimum absolute atomic E-state index is 0.0471. The van der Waals surface area contributed by atoms with Crippen molar-refractivity contribution in [2.45, 2.75) is 32.7 Å². The van der Waals surface area contributed by atoms with E-state index < -0.39 is 0 Å². The van der Waals surface area contributed by atoms with Gasteiger partial charge in [0, 0.05) is 6.54 Å². The maximum absolute atomic E-state index is 12.3. The first-order chi connectivity index (χ1) is 12.6. The molecule has 26 heavy (non-hydrogen) atoms. The maximum Gasteiger partial charge on any atom is 0.258 e. The van der Waals surface area contributed by atoms with Crippen molar-refractivity contribution in [1.29, 1.82) is 0 Å². The molecule has 2 aromatic rings. The predicted molar refractivity (Wildman–Crippen MR) is 104 cm³/mol. The van der Waals surface area contributed by atoms with Crippen LogP contribution in [0.4, 0.5) is 0 Å². The molecule has 2 aromatic carbocycles. The molecule has 4 heteroatoms. The van der Waals surface area contributed by atoms with Crippen LogP contribution in [0.2, 0.25) is 0 Å². The summed E-state index contributed by atoms with van der Waals surface area (Å²) in [4.78, 5) is 14.7. The van der Waals surface area contributed by atoms with Crippen LogP contribution in [0.25, 0.3) is 0 Å². The molecule has 1 aliphatic heterocycles. The van der Waals surface area contributed by atoms with Crippen molar-refractivity contribution in [2.75, 3.05) is 26.2 Å². The van der Waals surface area contributed by atoms with Crippen LogP contribution in [-0.4, -0.2) is 37.0 Å². The van der Waals surface area contributed by atoms with Gasteiger partial charge in [-0.15, -0.1) is 0 Å². The predicted octanol–water partition coefficient (Wildman–Crippen LogP) is 3.64. The summed E-state index contributed by atoms with van der Waals surface area (Å²) in [7, 11) is 0. The third-order valence-electron chi connectivity index (χ3n) is 4.99. The van der Waals surface area contributed by atoms with Gasteiger partial charge in [-0.2, -0.15) is 0 Å². The maximum atomic E-state index is 12.3. The number of rotatable bonds is 7. The third-order valence-corrected chi connectivity index (χ3v) is 4.99. The van der Waals surface area contributed by atoms with E-state index in [4.69, 9.17) is 4.74 Å². The van der Waals surface area contributed by atoms with Gasteiger partial charge < -0.3 is 10.1 Å². The van der Waals surface area contributed by atoms with Gasteiger partial charge in [-0.1, -0.05) is 48.0 Å². The smallest absolute Gasteiger partial charge is 0.258 e. The lowest BCUT2D eigenvalue weighted by Crippen LogP contribution is -2.38. The van der Waals surface area contributed by atoms with E-state index in [-0.39, 0.29) is 18.6 Å². The normalized spacial score (nSPS) is 15.6. The number of hydrogen-bond acceptors (Lipinski definition) is 3. The lowest BCUT2D eigenvalue weighted by molar-refractivity contribution is -0.123. The van der Waals surface area contributed by atoms with Crippen molar-refractivity contribution in [1.82, 2.24) is 10.2 Å². The molecule has 0 bridgehead atoms. The highest BCUT2D eigenvalue weighted by Gasteiger charge is 2.23. The quantitative estimate of drug-likeness (QED) is 0.827. The SMILES string of the molecule is Cc1ccc(C(CNC(=O)COc2ccccc2C)N2CCCC2)cc1. The van der Waals surface area contributed by atoms with Crippen molar-refractivity contribution in [3.63, 3.8) is 0 Å². The molecule has 0 aliphatic carbocycles. The molecule has 0 radical (unpaired) electrons. The average molecular weight is 352 g/mol. The first-order valence-electron chi connectivity index (χ1n) is 9.39. The van der Waals surface area contributed by atoms with Gasteiger partial charge in [0.1, 0.15) is 5.75 Å². The zero-order chi connectivity index (χ0) is 18.4. The van der Waals surface area contributed by atoms with Crippen molar-refractivity contribution >= 4 is 5.91 Å². The second-order valence-electron chi connectivity index (χ2n) is 7.03. The summed E-state index contributed by atoms with van der Waals surface area (Å²) in [5, 5.41) is 3.06. The van der Waals surface area contributed by atoms with Crippen LogP contribution in [0.3, 0.4) is 0 Å². The van der Waals surface area contributed by atoms with E-state index in [0.29, 0.717) is 6.54 Å². The Bertz CT molecular complexity index is 721. The number of ether oxygens (including phenoxy) is 1. The number of aryl methyl sites for hydroxylation is 2. The van der Waals surface area contributed by atoms with E-state index in [1.54, 1.807) is 0 Å². The summed E-state index contributed by atoms with van der Waals surface area (Å²) in [6.07, 6.45) is 2.46. The van der Waals surface area contributed by atoms with Crippen LogP contribution >= 0.6 is 0 Å². The van der Waals surface area contributed by atoms with E-state index in [1.165, 1.54) is 24.0 Å². The van der Waals surface area contributed by atoms with Gasteiger partial charge in [0.05, 0.1) is 6.04 Å². The summed E-state index contributed by atoms with van der Waals surface area (Å²) < 4.78 is 5.65. The highest BCUT2D eigenvalue weighted by atomic mass is 16.5. The number of carbonyl (C=O) groups is 1. The minimum atomic E-state index is -0.0791. The lowest BCUT2D eigenvalue weighted by atomic mass is 10.0. The first-order valence-corrected chi connectivity index (χ1v) is 9.39. The molecule has 1 atom stereocenters. The average Bonchev–Trinajstić information content (AvgIpc) is 3.17. The first kappa shape index (κ1) is 18.5. The molecule has 1 aliphatic rings. The number of para-hydroxylation sites is 1. The number of hydrogen-bond donors (Lipinski definition) is 1. The van der Waals surface area contributed by atoms with Crippen LogP contribution in [-0.2, 0) is 4.79 Å². The van der Waals surface area contributed by atoms with Gasteiger partial charge in [-0.3, -0.25) is 9.69 Å². The third kappa shape index (κ3) is 4.85. The topological polar surface area (TPSA) is 41.6 Å². The molecule has 1 fully saturated rings. The number of likely N-dealkylation sites (tertiary alicyclic amines) is 1. The molecular formula is C22H28N2O2. The molecule has 138 valence electrons. The minimum Gasteiger partial charge on any atom is -0.484 e. The Morgan fingerprint density at radius 1 is 1.08 bits per heavy atom. The molecule has 0 aromatic heterocycles. The Hall–Kier alpha value is -2.33. The van der Waals surface area contributed by atoms with E-state index >= 15 is 0 Å². The van der Waals surface area contributed by atoms with Gasteiger partial charge in [0.15, 0.2) is 6.61 Å². The number of benzene rings is 2. The Balaban J connectivity index is 1.57. The molecule has 1 saturated heterocycles. The summed E-state index contributed by atoms with van der Waals surface area (Å²) in [6.45, 7) is 6.92. The molecule has 0 saturated carbocycles. The van der Waals surface area contributed by atoms with Crippen molar-refractivity contribution in [3.8, 4) is 5.75 Å². The Morgan fingerprint density at radius 2 is 1.77 bits per heavy atom. The molecule has 1 unspecified atom stereocenters. The molecular weight excluding hydrogens is 324 g/mol. The van der Waals surface area contributed by atoms with Gasteiger partial charge >= 0.3 is 0 Å². The van der Waals surface area contributed by atoms with Crippen LogP contribution in [0.1, 0.15) is 35.6 Å². The van der Waals surface area contributed by atoms with E-state index in [1.807, 2.05) is 31.2 Å². The van der Waals surface area contributed by atoms with Gasteiger partial charge in [-0.25, -0.2) is 0 Å². The van der Waals surface area contributed by atoms with Crippen molar-refractivity contribution in [2.24, 2.45) is 0 Å².